The number of halogens is 4. The van der Waals surface area contributed by atoms with Gasteiger partial charge in [0.1, 0.15) is 0 Å². The van der Waals surface area contributed by atoms with Crippen LogP contribution in [-0.2, 0) is 0 Å². The van der Waals surface area contributed by atoms with E-state index in [9.17, 15) is 8.78 Å². The van der Waals surface area contributed by atoms with Gasteiger partial charge in [-0.2, -0.15) is 4.39 Å². The molecule has 0 aromatic heterocycles. The molecule has 0 unspecified atom stereocenters. The van der Waals surface area contributed by atoms with E-state index >= 15 is 8.78 Å². The van der Waals surface area contributed by atoms with Crippen molar-refractivity contribution in [1.82, 2.24) is 0 Å². The molecule has 2 fully saturated rings. The molecular formula is C31H38F4O. The van der Waals surface area contributed by atoms with Gasteiger partial charge >= 0.3 is 0 Å². The normalized spacial score (nSPS) is 24.8. The van der Waals surface area contributed by atoms with E-state index in [0.29, 0.717) is 11.1 Å². The average molecular weight is 503 g/mol. The quantitative estimate of drug-likeness (QED) is 0.327. The number of hydrogen-bond acceptors (Lipinski definition) is 1. The lowest BCUT2D eigenvalue weighted by atomic mass is 9.75. The summed E-state index contributed by atoms with van der Waals surface area (Å²) in [6.45, 7) is 4.18. The second-order valence-corrected chi connectivity index (χ2v) is 10.6. The number of ether oxygens (including phenoxy) is 1. The molecule has 0 bridgehead atoms. The zero-order valence-electron chi connectivity index (χ0n) is 21.5. The number of rotatable bonds is 8. The second kappa shape index (κ2) is 12.3. The molecule has 0 heterocycles. The summed E-state index contributed by atoms with van der Waals surface area (Å²) in [4.78, 5) is 0. The summed E-state index contributed by atoms with van der Waals surface area (Å²) in [5.74, 6) is -2.27. The smallest absolute Gasteiger partial charge is 0.201 e. The van der Waals surface area contributed by atoms with E-state index in [0.717, 1.165) is 57.3 Å². The third kappa shape index (κ3) is 5.98. The van der Waals surface area contributed by atoms with Gasteiger partial charge < -0.3 is 4.74 Å². The van der Waals surface area contributed by atoms with Crippen LogP contribution >= 0.6 is 0 Å². The Labute approximate surface area is 212 Å². The molecule has 2 aromatic rings. The minimum absolute atomic E-state index is 0.0156. The van der Waals surface area contributed by atoms with Gasteiger partial charge in [0, 0.05) is 5.56 Å². The highest BCUT2D eigenvalue weighted by molar-refractivity contribution is 5.52. The van der Waals surface area contributed by atoms with Crippen LogP contribution in [0.25, 0.3) is 6.08 Å². The van der Waals surface area contributed by atoms with Crippen LogP contribution in [0.1, 0.15) is 107 Å². The molecular weight excluding hydrogens is 464 g/mol. The Morgan fingerprint density at radius 3 is 1.86 bits per heavy atom. The topological polar surface area (TPSA) is 9.23 Å². The fraction of sp³-hybridized carbons (Fsp3) is 0.548. The average Bonchev–Trinajstić information content (AvgIpc) is 2.89. The van der Waals surface area contributed by atoms with Crippen LogP contribution < -0.4 is 4.74 Å². The minimum atomic E-state index is -0.974. The van der Waals surface area contributed by atoms with Gasteiger partial charge in [-0.3, -0.25) is 0 Å². The van der Waals surface area contributed by atoms with Crippen molar-refractivity contribution in [3.8, 4) is 5.75 Å². The first-order valence-corrected chi connectivity index (χ1v) is 13.7. The highest BCUT2D eigenvalue weighted by atomic mass is 19.2. The van der Waals surface area contributed by atoms with Crippen molar-refractivity contribution in [2.24, 2.45) is 11.8 Å². The molecule has 196 valence electrons. The Balaban J connectivity index is 1.36. The van der Waals surface area contributed by atoms with Gasteiger partial charge in [0.25, 0.3) is 0 Å². The Kier molecular flexibility index (Phi) is 9.14. The molecule has 4 rings (SSSR count). The molecule has 0 aliphatic heterocycles. The van der Waals surface area contributed by atoms with E-state index in [1.165, 1.54) is 25.0 Å². The van der Waals surface area contributed by atoms with Gasteiger partial charge in [0.2, 0.25) is 5.82 Å². The summed E-state index contributed by atoms with van der Waals surface area (Å²) in [6.07, 6.45) is 13.1. The maximum atomic E-state index is 15.2. The summed E-state index contributed by atoms with van der Waals surface area (Å²) in [5, 5.41) is 0. The fourth-order valence-corrected chi connectivity index (χ4v) is 6.19. The molecule has 2 aromatic carbocycles. The fourth-order valence-electron chi connectivity index (χ4n) is 6.19. The molecule has 1 nitrogen and oxygen atoms in total. The predicted molar refractivity (Wildman–Crippen MR) is 137 cm³/mol. The van der Waals surface area contributed by atoms with Crippen molar-refractivity contribution in [2.45, 2.75) is 89.9 Å². The SMILES string of the molecule is CCCC1CCC(c2ccc(C3CCC(/C=C/c4ccc(OCC)c(F)c4F)CC3)c(F)c2F)CC1. The molecule has 2 aliphatic carbocycles. The number of allylic oxidation sites excluding steroid dienone is 1. The van der Waals surface area contributed by atoms with Crippen LogP contribution in [-0.4, -0.2) is 6.61 Å². The molecule has 0 N–H and O–H groups in total. The molecule has 0 radical (unpaired) electrons. The van der Waals surface area contributed by atoms with Crippen molar-refractivity contribution in [3.63, 3.8) is 0 Å². The molecule has 2 aliphatic rings. The van der Waals surface area contributed by atoms with Crippen LogP contribution in [0.4, 0.5) is 17.6 Å². The molecule has 0 saturated heterocycles. The Bertz CT molecular complexity index is 1050. The van der Waals surface area contributed by atoms with Gasteiger partial charge in [0.05, 0.1) is 6.61 Å². The number of hydrogen-bond donors (Lipinski definition) is 0. The molecule has 0 atom stereocenters. The van der Waals surface area contributed by atoms with Gasteiger partial charge in [-0.1, -0.05) is 44.1 Å². The Morgan fingerprint density at radius 2 is 1.31 bits per heavy atom. The third-order valence-electron chi connectivity index (χ3n) is 8.26. The van der Waals surface area contributed by atoms with E-state index in [4.69, 9.17) is 4.74 Å². The monoisotopic (exact) mass is 502 g/mol. The minimum Gasteiger partial charge on any atom is -0.491 e. The Morgan fingerprint density at radius 1 is 0.722 bits per heavy atom. The van der Waals surface area contributed by atoms with Crippen molar-refractivity contribution in [1.29, 1.82) is 0 Å². The van der Waals surface area contributed by atoms with Crippen LogP contribution in [0.5, 0.6) is 5.75 Å². The predicted octanol–water partition coefficient (Wildman–Crippen LogP) is 9.70. The summed E-state index contributed by atoms with van der Waals surface area (Å²) < 4.78 is 63.8. The van der Waals surface area contributed by atoms with Crippen molar-refractivity contribution in [2.75, 3.05) is 6.61 Å². The van der Waals surface area contributed by atoms with E-state index in [1.54, 1.807) is 13.0 Å². The highest BCUT2D eigenvalue weighted by Gasteiger charge is 2.29. The molecule has 0 spiro atoms. The lowest BCUT2D eigenvalue weighted by Crippen LogP contribution is -2.17. The molecule has 2 saturated carbocycles. The first-order chi connectivity index (χ1) is 17.4. The maximum absolute atomic E-state index is 15.2. The largest absolute Gasteiger partial charge is 0.491 e. The van der Waals surface area contributed by atoms with E-state index in [-0.39, 0.29) is 35.7 Å². The highest BCUT2D eigenvalue weighted by Crippen LogP contribution is 2.42. The van der Waals surface area contributed by atoms with Gasteiger partial charge in [-0.25, -0.2) is 13.2 Å². The van der Waals surface area contributed by atoms with Crippen LogP contribution in [0.15, 0.2) is 30.3 Å². The molecule has 36 heavy (non-hydrogen) atoms. The summed E-state index contributed by atoms with van der Waals surface area (Å²) in [5.41, 5.74) is 1.22. The standard InChI is InChI=1S/C31H38F4O/c1-3-5-20-6-11-22(12-7-20)25-17-18-26(30(34)29(25)33)23-13-8-21(9-14-23)10-15-24-16-19-27(36-4-2)31(35)28(24)32/h10,15-23H,3-9,11-14H2,1-2H3/b15-10+. The molecule has 5 heteroatoms. The van der Waals surface area contributed by atoms with E-state index in [2.05, 4.69) is 6.92 Å². The maximum Gasteiger partial charge on any atom is 0.201 e. The lowest BCUT2D eigenvalue weighted by Gasteiger charge is -2.30. The molecule has 0 amide bonds. The zero-order chi connectivity index (χ0) is 25.7. The van der Waals surface area contributed by atoms with Crippen LogP contribution in [0.3, 0.4) is 0 Å². The van der Waals surface area contributed by atoms with Gasteiger partial charge in [0.15, 0.2) is 23.2 Å². The summed E-state index contributed by atoms with van der Waals surface area (Å²) >= 11 is 0. The zero-order valence-corrected chi connectivity index (χ0v) is 21.5. The van der Waals surface area contributed by atoms with Crippen LogP contribution in [0.2, 0.25) is 0 Å². The van der Waals surface area contributed by atoms with Crippen molar-refractivity contribution >= 4 is 6.08 Å². The van der Waals surface area contributed by atoms with E-state index in [1.807, 2.05) is 18.2 Å². The first kappa shape index (κ1) is 26.8. The first-order valence-electron chi connectivity index (χ1n) is 13.7. The Hall–Kier alpha value is -2.30. The van der Waals surface area contributed by atoms with Crippen LogP contribution in [0, 0.1) is 35.1 Å². The van der Waals surface area contributed by atoms with Crippen molar-refractivity contribution < 1.29 is 22.3 Å². The lowest BCUT2D eigenvalue weighted by molar-refractivity contribution is 0.302. The third-order valence-corrected chi connectivity index (χ3v) is 8.26. The second-order valence-electron chi connectivity index (χ2n) is 10.6. The van der Waals surface area contributed by atoms with Crippen molar-refractivity contribution in [3.05, 3.63) is 70.3 Å². The summed E-state index contributed by atoms with van der Waals surface area (Å²) in [7, 11) is 0. The van der Waals surface area contributed by atoms with E-state index < -0.39 is 23.3 Å². The van der Waals surface area contributed by atoms with Gasteiger partial charge in [-0.15, -0.1) is 0 Å². The van der Waals surface area contributed by atoms with Gasteiger partial charge in [-0.05, 0) is 105 Å². The number of benzene rings is 2. The summed E-state index contributed by atoms with van der Waals surface area (Å²) in [6, 6.07) is 6.59.